The van der Waals surface area contributed by atoms with E-state index in [4.69, 9.17) is 0 Å². The average Bonchev–Trinajstić information content (AvgIpc) is 2.65. The molecule has 2 heterocycles. The normalized spacial score (nSPS) is 34.9. The van der Waals surface area contributed by atoms with Crippen molar-refractivity contribution in [1.82, 2.24) is 15.5 Å². The molecule has 0 bridgehead atoms. The number of rotatable bonds is 3. The van der Waals surface area contributed by atoms with Crippen LogP contribution in [0.1, 0.15) is 0 Å². The molecule has 2 saturated heterocycles. The Kier molecular flexibility index (Phi) is 3.35. The molecule has 2 aliphatic heterocycles. The minimum Gasteiger partial charge on any atom is -0.632 e. The number of nitrogens with zero attached hydrogens (tertiary/aromatic N) is 2. The zero-order valence-electron chi connectivity index (χ0n) is 8.67. The molecule has 2 N–H and O–H groups in total. The Morgan fingerprint density at radius 1 is 1.14 bits per heavy atom. The van der Waals surface area contributed by atoms with Gasteiger partial charge in [0.05, 0.1) is 19.6 Å². The van der Waals surface area contributed by atoms with Crippen LogP contribution >= 0.6 is 0 Å². The van der Waals surface area contributed by atoms with Crippen molar-refractivity contribution in [2.24, 2.45) is 0 Å². The quantitative estimate of drug-likeness (QED) is 0.442. The molecule has 2 fully saturated rings. The first-order valence-corrected chi connectivity index (χ1v) is 5.49. The Morgan fingerprint density at radius 2 is 1.93 bits per heavy atom. The predicted octanol–water partition coefficient (Wildman–Crippen LogP) is -1.23. The summed E-state index contributed by atoms with van der Waals surface area (Å²) in [5.41, 5.74) is 0. The van der Waals surface area contributed by atoms with E-state index in [1.807, 2.05) is 0 Å². The second kappa shape index (κ2) is 4.55. The molecule has 5 heteroatoms. The van der Waals surface area contributed by atoms with E-state index in [1.165, 1.54) is 0 Å². The van der Waals surface area contributed by atoms with Crippen molar-refractivity contribution in [2.75, 3.05) is 59.0 Å². The molecule has 5 nitrogen and oxygen atoms in total. The monoisotopic (exact) mass is 200 g/mol. The summed E-state index contributed by atoms with van der Waals surface area (Å²) in [5, 5.41) is 18.4. The Morgan fingerprint density at radius 3 is 2.57 bits per heavy atom. The summed E-state index contributed by atoms with van der Waals surface area (Å²) in [6.45, 7) is 8.23. The van der Waals surface area contributed by atoms with E-state index in [2.05, 4.69) is 15.5 Å². The molecule has 0 saturated carbocycles. The third-order valence-corrected chi connectivity index (χ3v) is 3.13. The highest BCUT2D eigenvalue weighted by molar-refractivity contribution is 4.68. The molecule has 1 unspecified atom stereocenters. The van der Waals surface area contributed by atoms with Crippen LogP contribution in [0.4, 0.5) is 0 Å². The van der Waals surface area contributed by atoms with Crippen LogP contribution in [0.15, 0.2) is 0 Å². The van der Waals surface area contributed by atoms with Gasteiger partial charge in [0, 0.05) is 32.7 Å². The maximum absolute atomic E-state index is 12.0. The van der Waals surface area contributed by atoms with Crippen molar-refractivity contribution in [2.45, 2.75) is 0 Å². The minimum atomic E-state index is -0.0378. The summed E-state index contributed by atoms with van der Waals surface area (Å²) in [6, 6.07) is 0. The van der Waals surface area contributed by atoms with Gasteiger partial charge in [-0.05, 0) is 0 Å². The molecule has 0 aliphatic carbocycles. The van der Waals surface area contributed by atoms with E-state index in [1.54, 1.807) is 0 Å². The SMILES string of the molecule is [O-][N+]1(CCN2CCNCC2)CCNC1. The lowest BCUT2D eigenvalue weighted by Gasteiger charge is -2.39. The van der Waals surface area contributed by atoms with Crippen LogP contribution in [0.5, 0.6) is 0 Å². The summed E-state index contributed by atoms with van der Waals surface area (Å²) in [5.74, 6) is 0. The summed E-state index contributed by atoms with van der Waals surface area (Å²) < 4.78 is -0.0378. The first kappa shape index (κ1) is 10.3. The zero-order chi connectivity index (χ0) is 9.86. The van der Waals surface area contributed by atoms with Crippen LogP contribution < -0.4 is 10.6 Å². The molecule has 0 aromatic rings. The van der Waals surface area contributed by atoms with Gasteiger partial charge in [-0.25, -0.2) is 0 Å². The molecular formula is C9H20N4O. The number of piperazine rings is 1. The van der Waals surface area contributed by atoms with Crippen LogP contribution in [0, 0.1) is 5.21 Å². The molecule has 82 valence electrons. The van der Waals surface area contributed by atoms with Crippen LogP contribution in [0.25, 0.3) is 0 Å². The van der Waals surface area contributed by atoms with E-state index in [-0.39, 0.29) is 4.65 Å². The van der Waals surface area contributed by atoms with Gasteiger partial charge in [0.1, 0.15) is 6.67 Å². The van der Waals surface area contributed by atoms with Gasteiger partial charge >= 0.3 is 0 Å². The topological polar surface area (TPSA) is 50.4 Å². The van der Waals surface area contributed by atoms with Crippen LogP contribution in [0.2, 0.25) is 0 Å². The lowest BCUT2D eigenvalue weighted by atomic mass is 10.3. The smallest absolute Gasteiger partial charge is 0.132 e. The largest absolute Gasteiger partial charge is 0.632 e. The Labute approximate surface area is 85.2 Å². The van der Waals surface area contributed by atoms with Crippen molar-refractivity contribution < 1.29 is 4.65 Å². The number of quaternary nitrogens is 1. The third-order valence-electron chi connectivity index (χ3n) is 3.13. The Bertz CT molecular complexity index is 176. The van der Waals surface area contributed by atoms with Gasteiger partial charge < -0.3 is 15.2 Å². The molecular weight excluding hydrogens is 180 g/mol. The summed E-state index contributed by atoms with van der Waals surface area (Å²) in [4.78, 5) is 2.38. The van der Waals surface area contributed by atoms with Gasteiger partial charge in [0.2, 0.25) is 0 Å². The Balaban J connectivity index is 1.70. The van der Waals surface area contributed by atoms with Gasteiger partial charge in [-0.15, -0.1) is 0 Å². The first-order chi connectivity index (χ1) is 6.79. The second-order valence-electron chi connectivity index (χ2n) is 4.26. The van der Waals surface area contributed by atoms with Crippen molar-refractivity contribution in [3.63, 3.8) is 0 Å². The van der Waals surface area contributed by atoms with Gasteiger partial charge in [-0.1, -0.05) is 0 Å². The molecule has 2 aliphatic rings. The van der Waals surface area contributed by atoms with E-state index in [0.717, 1.165) is 52.4 Å². The molecule has 2 rings (SSSR count). The minimum absolute atomic E-state index is 0.0378. The maximum atomic E-state index is 12.0. The molecule has 0 amide bonds. The van der Waals surface area contributed by atoms with Crippen molar-refractivity contribution in [3.8, 4) is 0 Å². The maximum Gasteiger partial charge on any atom is 0.132 e. The lowest BCUT2D eigenvalue weighted by molar-refractivity contribution is -0.868. The van der Waals surface area contributed by atoms with Crippen molar-refractivity contribution >= 4 is 0 Å². The highest BCUT2D eigenvalue weighted by atomic mass is 16.5. The van der Waals surface area contributed by atoms with E-state index >= 15 is 0 Å². The van der Waals surface area contributed by atoms with E-state index in [0.29, 0.717) is 6.67 Å². The average molecular weight is 200 g/mol. The summed E-state index contributed by atoms with van der Waals surface area (Å²) in [6.07, 6.45) is 0. The molecule has 0 aromatic heterocycles. The van der Waals surface area contributed by atoms with Crippen molar-refractivity contribution in [3.05, 3.63) is 5.21 Å². The molecule has 14 heavy (non-hydrogen) atoms. The lowest BCUT2D eigenvalue weighted by Crippen LogP contribution is -2.50. The van der Waals surface area contributed by atoms with Crippen LogP contribution in [0.3, 0.4) is 0 Å². The molecule has 1 atom stereocenters. The summed E-state index contributed by atoms with van der Waals surface area (Å²) in [7, 11) is 0. The zero-order valence-corrected chi connectivity index (χ0v) is 8.67. The van der Waals surface area contributed by atoms with Crippen LogP contribution in [-0.2, 0) is 0 Å². The van der Waals surface area contributed by atoms with Gasteiger partial charge in [0.25, 0.3) is 0 Å². The van der Waals surface area contributed by atoms with E-state index in [9.17, 15) is 5.21 Å². The van der Waals surface area contributed by atoms with Crippen molar-refractivity contribution in [1.29, 1.82) is 0 Å². The number of nitrogens with one attached hydrogen (secondary N) is 2. The fourth-order valence-electron chi connectivity index (χ4n) is 2.09. The third kappa shape index (κ3) is 2.65. The number of hydrogen-bond donors (Lipinski definition) is 2. The molecule has 0 radical (unpaired) electrons. The fraction of sp³-hybridized carbons (Fsp3) is 1.00. The van der Waals surface area contributed by atoms with Crippen LogP contribution in [-0.4, -0.2) is 68.6 Å². The molecule has 0 aromatic carbocycles. The Hall–Kier alpha value is -0.200. The second-order valence-corrected chi connectivity index (χ2v) is 4.26. The number of hydroxylamine groups is 3. The first-order valence-electron chi connectivity index (χ1n) is 5.49. The van der Waals surface area contributed by atoms with Gasteiger partial charge in [0.15, 0.2) is 0 Å². The predicted molar refractivity (Wildman–Crippen MR) is 55.5 cm³/mol. The van der Waals surface area contributed by atoms with Gasteiger partial charge in [-0.3, -0.25) is 10.2 Å². The number of hydrogen-bond acceptors (Lipinski definition) is 4. The highest BCUT2D eigenvalue weighted by Crippen LogP contribution is 2.07. The standard InChI is InChI=1S/C9H20N4O/c14-13(7-3-11-9-13)8-6-12-4-1-10-2-5-12/h10-11H,1-9H2. The highest BCUT2D eigenvalue weighted by Gasteiger charge is 2.23. The fourth-order valence-corrected chi connectivity index (χ4v) is 2.09. The van der Waals surface area contributed by atoms with E-state index < -0.39 is 0 Å². The molecule has 0 spiro atoms. The summed E-state index contributed by atoms with van der Waals surface area (Å²) >= 11 is 0. The van der Waals surface area contributed by atoms with Gasteiger partial charge in [-0.2, -0.15) is 0 Å².